The number of hydrogen-bond donors (Lipinski definition) is 1. The molecule has 1 N–H and O–H groups in total. The zero-order chi connectivity index (χ0) is 19.4. The second-order valence-corrected chi connectivity index (χ2v) is 6.86. The van der Waals surface area contributed by atoms with Gasteiger partial charge >= 0.3 is 5.97 Å². The van der Waals surface area contributed by atoms with Crippen LogP contribution in [0.5, 0.6) is 5.75 Å². The Labute approximate surface area is 159 Å². The first kappa shape index (κ1) is 19.0. The van der Waals surface area contributed by atoms with Crippen molar-refractivity contribution >= 4 is 17.6 Å². The fourth-order valence-electron chi connectivity index (χ4n) is 3.38. The minimum Gasteiger partial charge on any atom is -0.481 e. The van der Waals surface area contributed by atoms with Crippen LogP contribution < -0.4 is 10.1 Å². The zero-order valence-electron chi connectivity index (χ0n) is 16.0. The number of benzene rings is 2. The second-order valence-electron chi connectivity index (χ2n) is 6.86. The molecule has 3 rings (SSSR count). The highest BCUT2D eigenvalue weighted by atomic mass is 16.5. The van der Waals surface area contributed by atoms with E-state index in [1.807, 2.05) is 12.1 Å². The van der Waals surface area contributed by atoms with E-state index in [2.05, 4.69) is 11.4 Å². The molecule has 0 fully saturated rings. The van der Waals surface area contributed by atoms with Crippen LogP contribution in [0.1, 0.15) is 46.8 Å². The molecule has 27 heavy (non-hydrogen) atoms. The highest BCUT2D eigenvalue weighted by molar-refractivity contribution is 5.98. The molecule has 2 aromatic rings. The van der Waals surface area contributed by atoms with E-state index in [1.165, 1.54) is 31.1 Å². The lowest BCUT2D eigenvalue weighted by atomic mass is 9.92. The van der Waals surface area contributed by atoms with E-state index in [0.29, 0.717) is 22.6 Å². The fourth-order valence-corrected chi connectivity index (χ4v) is 3.38. The molecule has 0 bridgehead atoms. The third kappa shape index (κ3) is 4.30. The predicted molar refractivity (Wildman–Crippen MR) is 104 cm³/mol. The predicted octanol–water partition coefficient (Wildman–Crippen LogP) is 4.07. The van der Waals surface area contributed by atoms with Gasteiger partial charge in [-0.25, -0.2) is 4.79 Å². The van der Waals surface area contributed by atoms with Gasteiger partial charge in [0.1, 0.15) is 5.75 Å². The molecule has 0 unspecified atom stereocenters. The molecule has 142 valence electrons. The minimum atomic E-state index is -0.659. The zero-order valence-corrected chi connectivity index (χ0v) is 16.0. The van der Waals surface area contributed by atoms with E-state index in [9.17, 15) is 9.59 Å². The maximum Gasteiger partial charge on any atom is 0.338 e. The Morgan fingerprint density at radius 3 is 2.56 bits per heavy atom. The van der Waals surface area contributed by atoms with Crippen molar-refractivity contribution in [2.45, 2.75) is 45.6 Å². The Morgan fingerprint density at radius 2 is 1.81 bits per heavy atom. The molecule has 5 nitrogen and oxygen atoms in total. The number of ether oxygens (including phenoxy) is 2. The Balaban J connectivity index is 1.69. The van der Waals surface area contributed by atoms with Crippen LogP contribution in [0.3, 0.4) is 0 Å². The summed E-state index contributed by atoms with van der Waals surface area (Å²) >= 11 is 0. The van der Waals surface area contributed by atoms with Crippen LogP contribution in [0.2, 0.25) is 0 Å². The number of nitrogens with one attached hydrogen (secondary N) is 1. The first-order chi connectivity index (χ1) is 13.0. The maximum absolute atomic E-state index is 12.6. The molecule has 1 amide bonds. The molecule has 0 saturated carbocycles. The van der Waals surface area contributed by atoms with Gasteiger partial charge < -0.3 is 14.8 Å². The van der Waals surface area contributed by atoms with Crippen molar-refractivity contribution in [3.05, 3.63) is 58.7 Å². The van der Waals surface area contributed by atoms with Gasteiger partial charge in [-0.15, -0.1) is 0 Å². The number of esters is 1. The Kier molecular flexibility index (Phi) is 5.79. The van der Waals surface area contributed by atoms with E-state index in [4.69, 9.17) is 9.47 Å². The first-order valence-corrected chi connectivity index (χ1v) is 9.27. The van der Waals surface area contributed by atoms with Gasteiger partial charge in [-0.05, 0) is 80.5 Å². The van der Waals surface area contributed by atoms with Crippen molar-refractivity contribution in [1.82, 2.24) is 0 Å². The molecule has 1 aliphatic rings. The number of amides is 1. The molecule has 0 aliphatic heterocycles. The topological polar surface area (TPSA) is 64.6 Å². The van der Waals surface area contributed by atoms with E-state index in [-0.39, 0.29) is 5.91 Å². The molecule has 5 heteroatoms. The molecular weight excluding hydrogens is 342 g/mol. The van der Waals surface area contributed by atoms with Gasteiger partial charge in [-0.3, -0.25) is 4.79 Å². The molecule has 0 saturated heterocycles. The second kappa shape index (κ2) is 8.25. The number of carbonyl (C=O) groups is 2. The summed E-state index contributed by atoms with van der Waals surface area (Å²) in [5.41, 5.74) is 4.36. The highest BCUT2D eigenvalue weighted by Gasteiger charge is 2.19. The SMILES string of the molecule is COC(=O)c1cccc(NC(=O)[C@H](C)Oc2ccc3c(c2)CCCC3)c1C. The normalized spacial score (nSPS) is 14.0. The van der Waals surface area contributed by atoms with Crippen LogP contribution in [0.25, 0.3) is 0 Å². The first-order valence-electron chi connectivity index (χ1n) is 9.27. The largest absolute Gasteiger partial charge is 0.481 e. The Hall–Kier alpha value is -2.82. The lowest BCUT2D eigenvalue weighted by Gasteiger charge is -2.19. The van der Waals surface area contributed by atoms with Crippen molar-refractivity contribution in [1.29, 1.82) is 0 Å². The Morgan fingerprint density at radius 1 is 1.07 bits per heavy atom. The van der Waals surface area contributed by atoms with Crippen LogP contribution in [0.4, 0.5) is 5.69 Å². The molecule has 0 heterocycles. The maximum atomic E-state index is 12.6. The quantitative estimate of drug-likeness (QED) is 0.809. The lowest BCUT2D eigenvalue weighted by molar-refractivity contribution is -0.122. The third-order valence-electron chi connectivity index (χ3n) is 5.00. The average molecular weight is 367 g/mol. The minimum absolute atomic E-state index is 0.266. The van der Waals surface area contributed by atoms with Crippen molar-refractivity contribution in [3.63, 3.8) is 0 Å². The number of carbonyl (C=O) groups excluding carboxylic acids is 2. The van der Waals surface area contributed by atoms with Crippen LogP contribution in [0.15, 0.2) is 36.4 Å². The smallest absolute Gasteiger partial charge is 0.338 e. The number of fused-ring (bicyclic) bond motifs is 1. The molecule has 0 radical (unpaired) electrons. The summed E-state index contributed by atoms with van der Waals surface area (Å²) in [6.45, 7) is 3.49. The fraction of sp³-hybridized carbons (Fsp3) is 0.364. The van der Waals surface area contributed by atoms with Gasteiger partial charge in [0.05, 0.1) is 12.7 Å². The van der Waals surface area contributed by atoms with Gasteiger partial charge in [0.2, 0.25) is 0 Å². The van der Waals surface area contributed by atoms with Crippen LogP contribution in [0, 0.1) is 6.92 Å². The van der Waals surface area contributed by atoms with Crippen LogP contribution >= 0.6 is 0 Å². The van der Waals surface area contributed by atoms with E-state index >= 15 is 0 Å². The average Bonchev–Trinajstić information content (AvgIpc) is 2.68. The highest BCUT2D eigenvalue weighted by Crippen LogP contribution is 2.26. The van der Waals surface area contributed by atoms with Crippen molar-refractivity contribution < 1.29 is 19.1 Å². The summed E-state index contributed by atoms with van der Waals surface area (Å²) in [4.78, 5) is 24.4. The van der Waals surface area contributed by atoms with E-state index in [0.717, 1.165) is 12.8 Å². The van der Waals surface area contributed by atoms with Gasteiger partial charge in [0.15, 0.2) is 6.10 Å². The molecule has 0 spiro atoms. The third-order valence-corrected chi connectivity index (χ3v) is 5.00. The monoisotopic (exact) mass is 367 g/mol. The van der Waals surface area contributed by atoms with Crippen molar-refractivity contribution in [2.24, 2.45) is 0 Å². The lowest BCUT2D eigenvalue weighted by Crippen LogP contribution is -2.30. The van der Waals surface area contributed by atoms with Crippen molar-refractivity contribution in [3.8, 4) is 5.75 Å². The van der Waals surface area contributed by atoms with Crippen LogP contribution in [-0.2, 0) is 22.4 Å². The Bertz CT molecular complexity index is 859. The van der Waals surface area contributed by atoms with E-state index < -0.39 is 12.1 Å². The molecule has 1 atom stereocenters. The van der Waals surface area contributed by atoms with Gasteiger partial charge in [-0.2, -0.15) is 0 Å². The summed E-state index contributed by atoms with van der Waals surface area (Å²) in [6.07, 6.45) is 3.94. The number of rotatable bonds is 5. The molecular formula is C22H25NO4. The van der Waals surface area contributed by atoms with Gasteiger partial charge in [0, 0.05) is 5.69 Å². The summed E-state index contributed by atoms with van der Waals surface area (Å²) in [5, 5.41) is 2.84. The summed E-state index contributed by atoms with van der Waals surface area (Å²) in [6, 6.07) is 11.2. The molecule has 2 aromatic carbocycles. The summed E-state index contributed by atoms with van der Waals surface area (Å²) in [5.74, 6) is 0.0122. The number of hydrogen-bond acceptors (Lipinski definition) is 4. The number of anilines is 1. The molecule has 0 aromatic heterocycles. The van der Waals surface area contributed by atoms with Gasteiger partial charge in [-0.1, -0.05) is 12.1 Å². The number of aryl methyl sites for hydroxylation is 2. The summed E-state index contributed by atoms with van der Waals surface area (Å²) in [7, 11) is 1.33. The number of methoxy groups -OCH3 is 1. The summed E-state index contributed by atoms with van der Waals surface area (Å²) < 4.78 is 10.6. The van der Waals surface area contributed by atoms with E-state index in [1.54, 1.807) is 32.0 Å². The van der Waals surface area contributed by atoms with Gasteiger partial charge in [0.25, 0.3) is 5.91 Å². The standard InChI is InChI=1S/C22H25NO4/c1-14-19(22(25)26-3)9-6-10-20(14)23-21(24)15(2)27-18-12-11-16-7-4-5-8-17(16)13-18/h6,9-13,15H,4-5,7-8H2,1-3H3,(H,23,24)/t15-/m0/s1. The van der Waals surface area contributed by atoms with Crippen molar-refractivity contribution in [2.75, 3.05) is 12.4 Å². The van der Waals surface area contributed by atoms with Crippen LogP contribution in [-0.4, -0.2) is 25.1 Å². The molecule has 1 aliphatic carbocycles.